The molecule has 4 nitrogen and oxygen atoms in total. The number of carboxylic acid groups (broad SMARTS) is 1. The highest BCUT2D eigenvalue weighted by Crippen LogP contribution is 2.09. The molecule has 1 aliphatic heterocycles. The Morgan fingerprint density at radius 1 is 1.60 bits per heavy atom. The summed E-state index contributed by atoms with van der Waals surface area (Å²) >= 11 is 0. The van der Waals surface area contributed by atoms with Crippen molar-refractivity contribution in [2.24, 2.45) is 5.92 Å². The molecule has 0 aliphatic carbocycles. The SMILES string of the molecule is CC(C)CNC1CCCN(CC(=O)O)C1. The van der Waals surface area contributed by atoms with Crippen LogP contribution < -0.4 is 5.32 Å². The van der Waals surface area contributed by atoms with Gasteiger partial charge in [0.05, 0.1) is 6.54 Å². The molecule has 1 rings (SSSR count). The normalized spacial score (nSPS) is 23.3. The van der Waals surface area contributed by atoms with Crippen LogP contribution in [-0.4, -0.2) is 48.2 Å². The van der Waals surface area contributed by atoms with Gasteiger partial charge in [0.2, 0.25) is 0 Å². The summed E-state index contributed by atoms with van der Waals surface area (Å²) in [5.74, 6) is -0.0700. The Labute approximate surface area is 91.6 Å². The van der Waals surface area contributed by atoms with Crippen LogP contribution in [-0.2, 0) is 4.79 Å². The fraction of sp³-hybridized carbons (Fsp3) is 0.909. The molecule has 2 N–H and O–H groups in total. The molecule has 1 heterocycles. The molecule has 0 aromatic heterocycles. The van der Waals surface area contributed by atoms with E-state index in [1.165, 1.54) is 6.42 Å². The minimum atomic E-state index is -0.723. The molecule has 88 valence electrons. The third-order valence-corrected chi connectivity index (χ3v) is 2.68. The highest BCUT2D eigenvalue weighted by atomic mass is 16.4. The maximum absolute atomic E-state index is 10.6. The summed E-state index contributed by atoms with van der Waals surface area (Å²) in [6.07, 6.45) is 2.27. The summed E-state index contributed by atoms with van der Waals surface area (Å²) in [6, 6.07) is 0.473. The smallest absolute Gasteiger partial charge is 0.317 e. The van der Waals surface area contributed by atoms with Gasteiger partial charge in [-0.25, -0.2) is 0 Å². The zero-order valence-electron chi connectivity index (χ0n) is 9.70. The van der Waals surface area contributed by atoms with Crippen LogP contribution in [0.4, 0.5) is 0 Å². The molecule has 0 radical (unpaired) electrons. The molecule has 1 atom stereocenters. The fourth-order valence-electron chi connectivity index (χ4n) is 1.96. The number of aliphatic carboxylic acids is 1. The van der Waals surface area contributed by atoms with Crippen LogP contribution in [0.5, 0.6) is 0 Å². The maximum atomic E-state index is 10.6. The van der Waals surface area contributed by atoms with E-state index in [2.05, 4.69) is 19.2 Å². The van der Waals surface area contributed by atoms with Gasteiger partial charge in [0.1, 0.15) is 0 Å². The summed E-state index contributed by atoms with van der Waals surface area (Å²) < 4.78 is 0. The second-order valence-electron chi connectivity index (χ2n) is 4.77. The van der Waals surface area contributed by atoms with Crippen LogP contribution in [0.2, 0.25) is 0 Å². The first-order valence-corrected chi connectivity index (χ1v) is 5.75. The molecule has 0 amide bonds. The molecular weight excluding hydrogens is 192 g/mol. The summed E-state index contributed by atoms with van der Waals surface area (Å²) in [5, 5.41) is 12.2. The Morgan fingerprint density at radius 3 is 2.93 bits per heavy atom. The van der Waals surface area contributed by atoms with Crippen molar-refractivity contribution < 1.29 is 9.90 Å². The second kappa shape index (κ2) is 6.08. The van der Waals surface area contributed by atoms with Gasteiger partial charge in [0, 0.05) is 12.6 Å². The van der Waals surface area contributed by atoms with E-state index in [0.717, 1.165) is 26.1 Å². The molecule has 15 heavy (non-hydrogen) atoms. The number of carboxylic acids is 1. The van der Waals surface area contributed by atoms with E-state index in [0.29, 0.717) is 12.0 Å². The zero-order chi connectivity index (χ0) is 11.3. The lowest BCUT2D eigenvalue weighted by molar-refractivity contribution is -0.138. The van der Waals surface area contributed by atoms with E-state index in [-0.39, 0.29) is 6.54 Å². The number of nitrogens with zero attached hydrogens (tertiary/aromatic N) is 1. The van der Waals surface area contributed by atoms with Gasteiger partial charge in [-0.3, -0.25) is 9.69 Å². The van der Waals surface area contributed by atoms with Crippen molar-refractivity contribution in [1.29, 1.82) is 0 Å². The van der Waals surface area contributed by atoms with Crippen molar-refractivity contribution in [2.45, 2.75) is 32.7 Å². The first-order valence-electron chi connectivity index (χ1n) is 5.75. The molecule has 1 fully saturated rings. The quantitative estimate of drug-likeness (QED) is 0.710. The Morgan fingerprint density at radius 2 is 2.33 bits per heavy atom. The van der Waals surface area contributed by atoms with E-state index in [9.17, 15) is 4.79 Å². The van der Waals surface area contributed by atoms with E-state index < -0.39 is 5.97 Å². The predicted molar refractivity (Wildman–Crippen MR) is 59.9 cm³/mol. The van der Waals surface area contributed by atoms with Crippen molar-refractivity contribution in [3.63, 3.8) is 0 Å². The van der Waals surface area contributed by atoms with Crippen LogP contribution in [0.1, 0.15) is 26.7 Å². The average molecular weight is 214 g/mol. The molecule has 1 unspecified atom stereocenters. The minimum Gasteiger partial charge on any atom is -0.480 e. The lowest BCUT2D eigenvalue weighted by Gasteiger charge is -2.32. The summed E-state index contributed by atoms with van der Waals surface area (Å²) in [4.78, 5) is 12.6. The largest absolute Gasteiger partial charge is 0.480 e. The Kier molecular flexibility index (Phi) is 5.05. The first-order chi connectivity index (χ1) is 7.08. The molecule has 0 spiro atoms. The first kappa shape index (κ1) is 12.5. The van der Waals surface area contributed by atoms with Crippen molar-refractivity contribution in [1.82, 2.24) is 10.2 Å². The Balaban J connectivity index is 2.25. The number of hydrogen-bond acceptors (Lipinski definition) is 3. The van der Waals surface area contributed by atoms with Crippen LogP contribution in [0.3, 0.4) is 0 Å². The lowest BCUT2D eigenvalue weighted by Crippen LogP contribution is -2.47. The molecular formula is C11H22N2O2. The van der Waals surface area contributed by atoms with E-state index in [1.54, 1.807) is 0 Å². The third-order valence-electron chi connectivity index (χ3n) is 2.68. The highest BCUT2D eigenvalue weighted by molar-refractivity contribution is 5.69. The van der Waals surface area contributed by atoms with Crippen LogP contribution in [0.15, 0.2) is 0 Å². The molecule has 1 aliphatic rings. The molecule has 1 saturated heterocycles. The highest BCUT2D eigenvalue weighted by Gasteiger charge is 2.20. The minimum absolute atomic E-state index is 0.180. The van der Waals surface area contributed by atoms with E-state index in [4.69, 9.17) is 5.11 Å². The molecule has 0 saturated carbocycles. The molecule has 0 aromatic carbocycles. The van der Waals surface area contributed by atoms with Crippen LogP contribution >= 0.6 is 0 Å². The summed E-state index contributed by atoms with van der Waals surface area (Å²) in [7, 11) is 0. The van der Waals surface area contributed by atoms with Crippen molar-refractivity contribution >= 4 is 5.97 Å². The van der Waals surface area contributed by atoms with Crippen LogP contribution in [0.25, 0.3) is 0 Å². The van der Waals surface area contributed by atoms with Gasteiger partial charge in [-0.05, 0) is 31.8 Å². The van der Waals surface area contributed by atoms with Gasteiger partial charge in [-0.2, -0.15) is 0 Å². The van der Waals surface area contributed by atoms with E-state index in [1.807, 2.05) is 4.90 Å². The van der Waals surface area contributed by atoms with E-state index >= 15 is 0 Å². The predicted octanol–water partition coefficient (Wildman–Crippen LogP) is 0.781. The molecule has 0 aromatic rings. The van der Waals surface area contributed by atoms with Crippen molar-refractivity contribution in [2.75, 3.05) is 26.2 Å². The monoisotopic (exact) mass is 214 g/mol. The maximum Gasteiger partial charge on any atom is 0.317 e. The number of nitrogens with one attached hydrogen (secondary N) is 1. The van der Waals surface area contributed by atoms with Gasteiger partial charge in [-0.15, -0.1) is 0 Å². The molecule has 4 heteroatoms. The number of hydrogen-bond donors (Lipinski definition) is 2. The second-order valence-corrected chi connectivity index (χ2v) is 4.77. The molecule has 0 bridgehead atoms. The average Bonchev–Trinajstić information content (AvgIpc) is 2.14. The Bertz CT molecular complexity index is 207. The van der Waals surface area contributed by atoms with Crippen molar-refractivity contribution in [3.05, 3.63) is 0 Å². The number of piperidine rings is 1. The number of carbonyl (C=O) groups is 1. The van der Waals surface area contributed by atoms with Gasteiger partial charge >= 0.3 is 5.97 Å². The topological polar surface area (TPSA) is 52.6 Å². The zero-order valence-corrected chi connectivity index (χ0v) is 9.70. The van der Waals surface area contributed by atoms with Gasteiger partial charge in [0.15, 0.2) is 0 Å². The summed E-state index contributed by atoms with van der Waals surface area (Å²) in [5.41, 5.74) is 0. The number of rotatable bonds is 5. The van der Waals surface area contributed by atoms with Gasteiger partial charge in [0.25, 0.3) is 0 Å². The Hall–Kier alpha value is -0.610. The third kappa shape index (κ3) is 5.14. The lowest BCUT2D eigenvalue weighted by atomic mass is 10.0. The van der Waals surface area contributed by atoms with Crippen molar-refractivity contribution in [3.8, 4) is 0 Å². The number of likely N-dealkylation sites (tertiary alicyclic amines) is 1. The van der Waals surface area contributed by atoms with Gasteiger partial charge in [-0.1, -0.05) is 13.8 Å². The van der Waals surface area contributed by atoms with Crippen LogP contribution in [0, 0.1) is 5.92 Å². The fourth-order valence-corrected chi connectivity index (χ4v) is 1.96. The van der Waals surface area contributed by atoms with Gasteiger partial charge < -0.3 is 10.4 Å². The standard InChI is InChI=1S/C11H22N2O2/c1-9(2)6-12-10-4-3-5-13(7-10)8-11(14)15/h9-10,12H,3-8H2,1-2H3,(H,14,15). The summed E-state index contributed by atoms with van der Waals surface area (Å²) in [6.45, 7) is 7.37.